The first-order valence-corrected chi connectivity index (χ1v) is 4.27. The summed E-state index contributed by atoms with van der Waals surface area (Å²) in [6.07, 6.45) is 14.8. The van der Waals surface area contributed by atoms with E-state index in [-0.39, 0.29) is 0 Å². The summed E-state index contributed by atoms with van der Waals surface area (Å²) in [6.45, 7) is 3.60. The monoisotopic (exact) mass is 174 g/mol. The predicted molar refractivity (Wildman–Crippen MR) is 56.3 cm³/mol. The van der Waals surface area contributed by atoms with E-state index in [4.69, 9.17) is 4.74 Å². The molecule has 1 aliphatic carbocycles. The van der Waals surface area contributed by atoms with Gasteiger partial charge in [0.1, 0.15) is 5.76 Å². The van der Waals surface area contributed by atoms with E-state index in [1.165, 1.54) is 5.57 Å². The number of methoxy groups -OCH3 is 1. The summed E-state index contributed by atoms with van der Waals surface area (Å²) in [5.74, 6) is 0.935. The molecule has 0 bridgehead atoms. The molecule has 68 valence electrons. The normalized spacial score (nSPS) is 19.2. The maximum absolute atomic E-state index is 5.08. The molecule has 0 aromatic rings. The summed E-state index contributed by atoms with van der Waals surface area (Å²) in [7, 11) is 1.68. The van der Waals surface area contributed by atoms with Gasteiger partial charge < -0.3 is 4.74 Å². The minimum atomic E-state index is 0.932. The van der Waals surface area contributed by atoms with Gasteiger partial charge in [-0.3, -0.25) is 0 Å². The maximum Gasteiger partial charge on any atom is 0.115 e. The highest BCUT2D eigenvalue weighted by Gasteiger charge is 1.98. The van der Waals surface area contributed by atoms with Crippen molar-refractivity contribution < 1.29 is 4.74 Å². The SMILES string of the molecule is C=C/C=C\C=C1\C=CC(OC)=CC1. The van der Waals surface area contributed by atoms with Crippen LogP contribution in [0, 0.1) is 0 Å². The van der Waals surface area contributed by atoms with Crippen LogP contribution in [0.15, 0.2) is 60.4 Å². The highest BCUT2D eigenvalue weighted by Crippen LogP contribution is 2.15. The molecule has 0 atom stereocenters. The van der Waals surface area contributed by atoms with Crippen molar-refractivity contribution in [1.82, 2.24) is 0 Å². The molecule has 0 saturated carbocycles. The summed E-state index contributed by atoms with van der Waals surface area (Å²) in [6, 6.07) is 0. The third-order valence-electron chi connectivity index (χ3n) is 1.79. The Kier molecular flexibility index (Phi) is 3.83. The van der Waals surface area contributed by atoms with Crippen LogP contribution in [0.2, 0.25) is 0 Å². The van der Waals surface area contributed by atoms with Crippen LogP contribution in [0.3, 0.4) is 0 Å². The molecule has 0 fully saturated rings. The molecule has 1 rings (SSSR count). The van der Waals surface area contributed by atoms with Crippen molar-refractivity contribution in [2.45, 2.75) is 6.42 Å². The molecule has 0 N–H and O–H groups in total. The lowest BCUT2D eigenvalue weighted by molar-refractivity contribution is 0.304. The van der Waals surface area contributed by atoms with Crippen LogP contribution in [0.5, 0.6) is 0 Å². The summed E-state index contributed by atoms with van der Waals surface area (Å²) < 4.78 is 5.08. The number of allylic oxidation sites excluding steroid dienone is 8. The zero-order valence-electron chi connectivity index (χ0n) is 7.86. The highest BCUT2D eigenvalue weighted by atomic mass is 16.5. The minimum absolute atomic E-state index is 0.932. The number of hydrogen-bond donors (Lipinski definition) is 0. The fourth-order valence-electron chi connectivity index (χ4n) is 1.08. The molecule has 0 unspecified atom stereocenters. The van der Waals surface area contributed by atoms with Gasteiger partial charge in [-0.15, -0.1) is 0 Å². The Balaban J connectivity index is 2.56. The Morgan fingerprint density at radius 2 is 2.23 bits per heavy atom. The summed E-state index contributed by atoms with van der Waals surface area (Å²) in [5.41, 5.74) is 1.28. The maximum atomic E-state index is 5.08. The molecule has 0 aromatic heterocycles. The second kappa shape index (κ2) is 5.20. The van der Waals surface area contributed by atoms with E-state index in [1.807, 2.05) is 18.2 Å². The molecule has 0 aliphatic heterocycles. The third kappa shape index (κ3) is 3.16. The molecule has 0 saturated heterocycles. The van der Waals surface area contributed by atoms with Crippen LogP contribution < -0.4 is 0 Å². The van der Waals surface area contributed by atoms with Crippen LogP contribution in [-0.2, 0) is 4.74 Å². The first kappa shape index (κ1) is 9.59. The van der Waals surface area contributed by atoms with E-state index < -0.39 is 0 Å². The molecule has 0 amide bonds. The molecule has 0 spiro atoms. The molecule has 1 aliphatic rings. The van der Waals surface area contributed by atoms with Crippen molar-refractivity contribution in [1.29, 1.82) is 0 Å². The van der Waals surface area contributed by atoms with Crippen LogP contribution in [-0.4, -0.2) is 7.11 Å². The summed E-state index contributed by atoms with van der Waals surface area (Å²) in [4.78, 5) is 0. The zero-order valence-corrected chi connectivity index (χ0v) is 7.86. The van der Waals surface area contributed by atoms with E-state index >= 15 is 0 Å². The fraction of sp³-hybridized carbons (Fsp3) is 0.167. The zero-order chi connectivity index (χ0) is 9.52. The van der Waals surface area contributed by atoms with Gasteiger partial charge in [0.25, 0.3) is 0 Å². The van der Waals surface area contributed by atoms with Crippen molar-refractivity contribution in [2.24, 2.45) is 0 Å². The Hall–Kier alpha value is -1.50. The number of rotatable bonds is 3. The van der Waals surface area contributed by atoms with Crippen LogP contribution in [0.4, 0.5) is 0 Å². The van der Waals surface area contributed by atoms with Crippen molar-refractivity contribution in [3.8, 4) is 0 Å². The molecule has 0 radical (unpaired) electrons. The summed E-state index contributed by atoms with van der Waals surface area (Å²) >= 11 is 0. The lowest BCUT2D eigenvalue weighted by Crippen LogP contribution is -1.89. The van der Waals surface area contributed by atoms with Crippen molar-refractivity contribution in [2.75, 3.05) is 7.11 Å². The van der Waals surface area contributed by atoms with Gasteiger partial charge in [-0.2, -0.15) is 0 Å². The Bertz CT molecular complexity index is 290. The standard InChI is InChI=1S/C12H14O/c1-3-4-5-6-11-7-9-12(13-2)10-8-11/h3-7,9-10H,1,8H2,2H3/b5-4-,11-6-. The Labute approximate surface area is 79.4 Å². The summed E-state index contributed by atoms with van der Waals surface area (Å²) in [5, 5.41) is 0. The van der Waals surface area contributed by atoms with E-state index in [9.17, 15) is 0 Å². The predicted octanol–water partition coefficient (Wildman–Crippen LogP) is 3.15. The molecule has 0 heterocycles. The fourth-order valence-corrected chi connectivity index (χ4v) is 1.08. The second-order valence-electron chi connectivity index (χ2n) is 2.71. The van der Waals surface area contributed by atoms with Gasteiger partial charge in [0.15, 0.2) is 0 Å². The minimum Gasteiger partial charge on any atom is -0.497 e. The smallest absolute Gasteiger partial charge is 0.115 e. The van der Waals surface area contributed by atoms with Gasteiger partial charge in [-0.1, -0.05) is 37.0 Å². The second-order valence-corrected chi connectivity index (χ2v) is 2.71. The lowest BCUT2D eigenvalue weighted by Gasteiger charge is -2.06. The van der Waals surface area contributed by atoms with Gasteiger partial charge in [-0.25, -0.2) is 0 Å². The first-order valence-electron chi connectivity index (χ1n) is 4.27. The van der Waals surface area contributed by atoms with Crippen molar-refractivity contribution in [3.63, 3.8) is 0 Å². The first-order chi connectivity index (χ1) is 6.36. The van der Waals surface area contributed by atoms with E-state index in [1.54, 1.807) is 13.2 Å². The van der Waals surface area contributed by atoms with Crippen LogP contribution in [0.1, 0.15) is 6.42 Å². The molecular weight excluding hydrogens is 160 g/mol. The average molecular weight is 174 g/mol. The highest BCUT2D eigenvalue weighted by molar-refractivity contribution is 5.35. The van der Waals surface area contributed by atoms with E-state index in [0.29, 0.717) is 0 Å². The molecule has 1 heteroatoms. The number of ether oxygens (including phenoxy) is 1. The van der Waals surface area contributed by atoms with Gasteiger partial charge in [0.05, 0.1) is 7.11 Å². The topological polar surface area (TPSA) is 9.23 Å². The molecule has 0 aromatic carbocycles. The number of hydrogen-bond acceptors (Lipinski definition) is 1. The van der Waals surface area contributed by atoms with Gasteiger partial charge in [0, 0.05) is 0 Å². The molecule has 13 heavy (non-hydrogen) atoms. The van der Waals surface area contributed by atoms with Gasteiger partial charge >= 0.3 is 0 Å². The molecular formula is C12H14O. The largest absolute Gasteiger partial charge is 0.497 e. The van der Waals surface area contributed by atoms with Crippen molar-refractivity contribution in [3.05, 3.63) is 60.4 Å². The average Bonchev–Trinajstić information content (AvgIpc) is 2.19. The van der Waals surface area contributed by atoms with Crippen LogP contribution >= 0.6 is 0 Å². The van der Waals surface area contributed by atoms with Crippen molar-refractivity contribution >= 4 is 0 Å². The van der Waals surface area contributed by atoms with Gasteiger partial charge in [-0.05, 0) is 24.1 Å². The van der Waals surface area contributed by atoms with E-state index in [0.717, 1.165) is 12.2 Å². The van der Waals surface area contributed by atoms with Gasteiger partial charge in [0.2, 0.25) is 0 Å². The Morgan fingerprint density at radius 3 is 2.77 bits per heavy atom. The Morgan fingerprint density at radius 1 is 1.38 bits per heavy atom. The van der Waals surface area contributed by atoms with Crippen LogP contribution in [0.25, 0.3) is 0 Å². The molecule has 1 nitrogen and oxygen atoms in total. The van der Waals surface area contributed by atoms with E-state index in [2.05, 4.69) is 24.8 Å². The lowest BCUT2D eigenvalue weighted by atomic mass is 10.1. The quantitative estimate of drug-likeness (QED) is 0.597. The third-order valence-corrected chi connectivity index (χ3v) is 1.79.